The molecule has 0 radical (unpaired) electrons. The van der Waals surface area contributed by atoms with Crippen molar-refractivity contribution < 1.29 is 13.9 Å². The lowest BCUT2D eigenvalue weighted by Crippen LogP contribution is -2.14. The number of anilines is 1. The molecule has 0 unspecified atom stereocenters. The van der Waals surface area contributed by atoms with Gasteiger partial charge in [0.1, 0.15) is 11.3 Å². The molecular formula is C28H24N2O3. The molecule has 5 aromatic rings. The van der Waals surface area contributed by atoms with Crippen LogP contribution in [-0.2, 0) is 0 Å². The van der Waals surface area contributed by atoms with Crippen LogP contribution in [0.1, 0.15) is 27.0 Å². The summed E-state index contributed by atoms with van der Waals surface area (Å²) in [5.74, 6) is 0.835. The Morgan fingerprint density at radius 1 is 0.939 bits per heavy atom. The third kappa shape index (κ3) is 3.72. The Morgan fingerprint density at radius 2 is 1.70 bits per heavy atom. The van der Waals surface area contributed by atoms with E-state index in [1.807, 2.05) is 81.4 Å². The van der Waals surface area contributed by atoms with Crippen molar-refractivity contribution in [1.29, 1.82) is 0 Å². The smallest absolute Gasteiger partial charge is 0.259 e. The summed E-state index contributed by atoms with van der Waals surface area (Å²) < 4.78 is 11.6. The third-order valence-electron chi connectivity index (χ3n) is 5.94. The van der Waals surface area contributed by atoms with E-state index < -0.39 is 0 Å². The van der Waals surface area contributed by atoms with Crippen LogP contribution in [0.5, 0.6) is 5.75 Å². The molecule has 0 saturated heterocycles. The van der Waals surface area contributed by atoms with Gasteiger partial charge in [-0.05, 0) is 78.6 Å². The molecule has 5 rings (SSSR count). The molecule has 0 aliphatic heterocycles. The predicted molar refractivity (Wildman–Crippen MR) is 132 cm³/mol. The van der Waals surface area contributed by atoms with Crippen LogP contribution < -0.4 is 10.1 Å². The van der Waals surface area contributed by atoms with E-state index in [4.69, 9.17) is 14.1 Å². The number of hydrogen-bond donors (Lipinski definition) is 1. The highest BCUT2D eigenvalue weighted by molar-refractivity contribution is 6.09. The molecule has 0 saturated carbocycles. The second kappa shape index (κ2) is 8.10. The molecule has 1 heterocycles. The molecule has 1 N–H and O–H groups in total. The van der Waals surface area contributed by atoms with Gasteiger partial charge in [0.25, 0.3) is 5.91 Å². The highest BCUT2D eigenvalue weighted by Crippen LogP contribution is 2.33. The van der Waals surface area contributed by atoms with E-state index in [9.17, 15) is 4.79 Å². The van der Waals surface area contributed by atoms with Gasteiger partial charge in [-0.3, -0.25) is 4.79 Å². The number of amides is 1. The maximum Gasteiger partial charge on any atom is 0.259 e. The molecule has 4 aromatic carbocycles. The Kier molecular flexibility index (Phi) is 5.09. The first kappa shape index (κ1) is 20.8. The Bertz CT molecular complexity index is 1530. The number of benzene rings is 4. The molecule has 0 spiro atoms. The van der Waals surface area contributed by atoms with Crippen LogP contribution in [0, 0.1) is 20.8 Å². The van der Waals surface area contributed by atoms with E-state index in [0.29, 0.717) is 22.9 Å². The molecule has 33 heavy (non-hydrogen) atoms. The monoisotopic (exact) mass is 436 g/mol. The quantitative estimate of drug-likeness (QED) is 0.335. The van der Waals surface area contributed by atoms with Crippen LogP contribution in [0.2, 0.25) is 0 Å². The summed E-state index contributed by atoms with van der Waals surface area (Å²) in [5.41, 5.74) is 6.70. The van der Waals surface area contributed by atoms with Gasteiger partial charge in [-0.25, -0.2) is 4.98 Å². The molecule has 0 fully saturated rings. The normalized spacial score (nSPS) is 11.2. The number of carbonyl (C=O) groups excluding carboxylic acids is 1. The molecule has 1 aromatic heterocycles. The van der Waals surface area contributed by atoms with E-state index in [-0.39, 0.29) is 5.91 Å². The molecule has 5 nitrogen and oxygen atoms in total. The number of aromatic nitrogens is 1. The van der Waals surface area contributed by atoms with Gasteiger partial charge in [0, 0.05) is 11.3 Å². The van der Waals surface area contributed by atoms with E-state index in [1.54, 1.807) is 7.11 Å². The van der Waals surface area contributed by atoms with Gasteiger partial charge in [0.15, 0.2) is 5.58 Å². The Morgan fingerprint density at radius 3 is 2.45 bits per heavy atom. The van der Waals surface area contributed by atoms with Gasteiger partial charge in [-0.2, -0.15) is 0 Å². The Labute approximate surface area is 192 Å². The molecule has 0 bridgehead atoms. The fourth-order valence-electron chi connectivity index (χ4n) is 4.25. The van der Waals surface area contributed by atoms with Gasteiger partial charge < -0.3 is 14.5 Å². The lowest BCUT2D eigenvalue weighted by molar-refractivity contribution is 0.102. The molecule has 0 aliphatic carbocycles. The summed E-state index contributed by atoms with van der Waals surface area (Å²) in [6.07, 6.45) is 0. The van der Waals surface area contributed by atoms with Crippen molar-refractivity contribution in [3.8, 4) is 17.2 Å². The Hall–Kier alpha value is -4.12. The number of aryl methyl sites for hydroxylation is 2. The minimum atomic E-state index is -0.234. The molecular weight excluding hydrogens is 412 g/mol. The fourth-order valence-corrected chi connectivity index (χ4v) is 4.25. The van der Waals surface area contributed by atoms with Gasteiger partial charge >= 0.3 is 0 Å². The lowest BCUT2D eigenvalue weighted by Gasteiger charge is -2.13. The predicted octanol–water partition coefficient (Wildman–Crippen LogP) is 6.83. The standard InChI is InChI=1S/C28H24N2O3/c1-16-12-17(2)26-24(13-16)30-28(33-26)21-10-7-11-23(18(21)3)29-27(31)22-14-19-8-5-6-9-20(19)15-25(22)32-4/h5-15H,1-4H3,(H,29,31). The van der Waals surface area contributed by atoms with Crippen molar-refractivity contribution in [3.05, 3.63) is 89.0 Å². The van der Waals surface area contributed by atoms with Crippen LogP contribution in [-0.4, -0.2) is 18.0 Å². The second-order valence-electron chi connectivity index (χ2n) is 8.28. The summed E-state index contributed by atoms with van der Waals surface area (Å²) in [5, 5.41) is 5.04. The summed E-state index contributed by atoms with van der Waals surface area (Å²) in [4.78, 5) is 17.9. The summed E-state index contributed by atoms with van der Waals surface area (Å²) in [6, 6.07) is 21.5. The van der Waals surface area contributed by atoms with E-state index >= 15 is 0 Å². The zero-order valence-electron chi connectivity index (χ0n) is 19.0. The maximum absolute atomic E-state index is 13.2. The van der Waals surface area contributed by atoms with Gasteiger partial charge in [-0.1, -0.05) is 36.4 Å². The number of hydrogen-bond acceptors (Lipinski definition) is 4. The summed E-state index contributed by atoms with van der Waals surface area (Å²) in [6.45, 7) is 6.02. The number of rotatable bonds is 4. The van der Waals surface area contributed by atoms with Crippen molar-refractivity contribution in [2.45, 2.75) is 20.8 Å². The van der Waals surface area contributed by atoms with Crippen LogP contribution in [0.4, 0.5) is 5.69 Å². The summed E-state index contributed by atoms with van der Waals surface area (Å²) in [7, 11) is 1.57. The van der Waals surface area contributed by atoms with Crippen molar-refractivity contribution in [1.82, 2.24) is 4.98 Å². The van der Waals surface area contributed by atoms with Crippen LogP contribution >= 0.6 is 0 Å². The highest BCUT2D eigenvalue weighted by atomic mass is 16.5. The van der Waals surface area contributed by atoms with Crippen molar-refractivity contribution in [2.24, 2.45) is 0 Å². The van der Waals surface area contributed by atoms with Gasteiger partial charge in [0.2, 0.25) is 5.89 Å². The van der Waals surface area contributed by atoms with Crippen LogP contribution in [0.3, 0.4) is 0 Å². The second-order valence-corrected chi connectivity index (χ2v) is 8.28. The van der Waals surface area contributed by atoms with E-state index in [1.165, 1.54) is 0 Å². The van der Waals surface area contributed by atoms with Crippen molar-refractivity contribution >= 4 is 33.5 Å². The number of oxazole rings is 1. The van der Waals surface area contributed by atoms with Crippen molar-refractivity contribution in [2.75, 3.05) is 12.4 Å². The average Bonchev–Trinajstić information content (AvgIpc) is 3.23. The number of nitrogens with zero attached hydrogens (tertiary/aromatic N) is 1. The van der Waals surface area contributed by atoms with Gasteiger partial charge in [-0.15, -0.1) is 0 Å². The molecule has 1 amide bonds. The van der Waals surface area contributed by atoms with E-state index in [0.717, 1.165) is 44.1 Å². The van der Waals surface area contributed by atoms with E-state index in [2.05, 4.69) is 11.4 Å². The maximum atomic E-state index is 13.2. The first-order valence-electron chi connectivity index (χ1n) is 10.8. The largest absolute Gasteiger partial charge is 0.496 e. The average molecular weight is 437 g/mol. The Balaban J connectivity index is 1.52. The molecule has 5 heteroatoms. The minimum Gasteiger partial charge on any atom is -0.496 e. The molecule has 0 aliphatic rings. The van der Waals surface area contributed by atoms with Crippen molar-refractivity contribution in [3.63, 3.8) is 0 Å². The summed E-state index contributed by atoms with van der Waals surface area (Å²) >= 11 is 0. The van der Waals surface area contributed by atoms with Crippen LogP contribution in [0.15, 0.2) is 71.1 Å². The highest BCUT2D eigenvalue weighted by Gasteiger charge is 2.18. The number of nitrogens with one attached hydrogen (secondary N) is 1. The number of ether oxygens (including phenoxy) is 1. The number of carbonyl (C=O) groups is 1. The molecule has 0 atom stereocenters. The molecule has 164 valence electrons. The lowest BCUT2D eigenvalue weighted by atomic mass is 10.0. The SMILES string of the molecule is COc1cc2ccccc2cc1C(=O)Nc1cccc(-c2nc3cc(C)cc(C)c3o2)c1C. The first-order valence-corrected chi connectivity index (χ1v) is 10.8. The number of fused-ring (bicyclic) bond motifs is 2. The third-order valence-corrected chi connectivity index (χ3v) is 5.94. The topological polar surface area (TPSA) is 64.4 Å². The fraction of sp³-hybridized carbons (Fsp3) is 0.143. The first-order chi connectivity index (χ1) is 15.9. The van der Waals surface area contributed by atoms with Crippen LogP contribution in [0.25, 0.3) is 33.3 Å². The number of methoxy groups -OCH3 is 1. The minimum absolute atomic E-state index is 0.234. The zero-order valence-corrected chi connectivity index (χ0v) is 19.0. The zero-order chi connectivity index (χ0) is 23.1. The van der Waals surface area contributed by atoms with Gasteiger partial charge in [0.05, 0.1) is 12.7 Å².